The third-order valence-corrected chi connectivity index (χ3v) is 3.21. The van der Waals surface area contributed by atoms with E-state index in [9.17, 15) is 0 Å². The summed E-state index contributed by atoms with van der Waals surface area (Å²) in [6, 6.07) is 7.85. The Morgan fingerprint density at radius 3 is 3.00 bits per heavy atom. The van der Waals surface area contributed by atoms with Gasteiger partial charge in [0.2, 0.25) is 0 Å². The minimum Gasteiger partial charge on any atom is -0.491 e. The third kappa shape index (κ3) is 3.98. The van der Waals surface area contributed by atoms with E-state index < -0.39 is 0 Å². The largest absolute Gasteiger partial charge is 0.491 e. The molecule has 1 aliphatic rings. The minimum absolute atomic E-state index is 0.0757. The summed E-state index contributed by atoms with van der Waals surface area (Å²) in [6.07, 6.45) is 0.127. The minimum atomic E-state index is 0.0757. The van der Waals surface area contributed by atoms with Gasteiger partial charge >= 0.3 is 0 Å². The predicted octanol–water partition coefficient (Wildman–Crippen LogP) is 2.59. The molecule has 1 fully saturated rings. The first kappa shape index (κ1) is 12.9. The van der Waals surface area contributed by atoms with Gasteiger partial charge in [0.1, 0.15) is 18.5 Å². The maximum Gasteiger partial charge on any atom is 0.120 e. The molecule has 0 aliphatic carbocycles. The summed E-state index contributed by atoms with van der Waals surface area (Å²) in [5.74, 6) is 0.868. The summed E-state index contributed by atoms with van der Waals surface area (Å²) < 4.78 is 12.5. The van der Waals surface area contributed by atoms with Crippen molar-refractivity contribution in [3.63, 3.8) is 0 Å². The molecular formula is C13H18BrNO2. The van der Waals surface area contributed by atoms with E-state index in [1.807, 2.05) is 24.3 Å². The SMILES string of the molecule is CC1(C)COC(COc2cccc(Br)c2)CN1. The van der Waals surface area contributed by atoms with Crippen molar-refractivity contribution in [1.82, 2.24) is 5.32 Å². The molecular weight excluding hydrogens is 282 g/mol. The normalized spacial score (nSPS) is 23.4. The highest BCUT2D eigenvalue weighted by molar-refractivity contribution is 9.10. The van der Waals surface area contributed by atoms with Crippen molar-refractivity contribution in [2.24, 2.45) is 0 Å². The van der Waals surface area contributed by atoms with Crippen LogP contribution in [0.1, 0.15) is 13.8 Å². The maximum atomic E-state index is 5.75. The second-order valence-corrected chi connectivity index (χ2v) is 5.88. The molecule has 1 N–H and O–H groups in total. The van der Waals surface area contributed by atoms with Crippen LogP contribution in [-0.4, -0.2) is 31.4 Å². The average molecular weight is 300 g/mol. The molecule has 1 heterocycles. The van der Waals surface area contributed by atoms with Crippen molar-refractivity contribution in [2.45, 2.75) is 25.5 Å². The van der Waals surface area contributed by atoms with Crippen LogP contribution in [0.25, 0.3) is 0 Å². The van der Waals surface area contributed by atoms with Crippen molar-refractivity contribution >= 4 is 15.9 Å². The number of benzene rings is 1. The molecule has 0 saturated carbocycles. The lowest BCUT2D eigenvalue weighted by Crippen LogP contribution is -2.54. The lowest BCUT2D eigenvalue weighted by Gasteiger charge is -2.35. The Morgan fingerprint density at radius 1 is 1.53 bits per heavy atom. The average Bonchev–Trinajstić information content (AvgIpc) is 2.28. The fourth-order valence-electron chi connectivity index (χ4n) is 1.68. The van der Waals surface area contributed by atoms with Gasteiger partial charge in [-0.1, -0.05) is 22.0 Å². The maximum absolute atomic E-state index is 5.75. The second kappa shape index (κ2) is 5.38. The fraction of sp³-hybridized carbons (Fsp3) is 0.538. The van der Waals surface area contributed by atoms with E-state index in [2.05, 4.69) is 35.1 Å². The van der Waals surface area contributed by atoms with E-state index in [-0.39, 0.29) is 11.6 Å². The van der Waals surface area contributed by atoms with Crippen LogP contribution < -0.4 is 10.1 Å². The molecule has 0 amide bonds. The van der Waals surface area contributed by atoms with E-state index in [1.54, 1.807) is 0 Å². The summed E-state index contributed by atoms with van der Waals surface area (Å²) in [6.45, 7) is 6.41. The molecule has 2 rings (SSSR count). The van der Waals surface area contributed by atoms with Crippen LogP contribution in [0.4, 0.5) is 0 Å². The van der Waals surface area contributed by atoms with Gasteiger partial charge in [-0.25, -0.2) is 0 Å². The van der Waals surface area contributed by atoms with Gasteiger partial charge in [0.15, 0.2) is 0 Å². The first-order chi connectivity index (χ1) is 8.05. The van der Waals surface area contributed by atoms with Crippen LogP contribution in [0.3, 0.4) is 0 Å². The number of hydrogen-bond acceptors (Lipinski definition) is 3. The second-order valence-electron chi connectivity index (χ2n) is 4.97. The van der Waals surface area contributed by atoms with Crippen molar-refractivity contribution in [3.05, 3.63) is 28.7 Å². The Morgan fingerprint density at radius 2 is 2.35 bits per heavy atom. The molecule has 1 saturated heterocycles. The van der Waals surface area contributed by atoms with E-state index in [1.165, 1.54) is 0 Å². The van der Waals surface area contributed by atoms with Gasteiger partial charge in [0, 0.05) is 16.6 Å². The van der Waals surface area contributed by atoms with Gasteiger partial charge in [0.25, 0.3) is 0 Å². The highest BCUT2D eigenvalue weighted by Crippen LogP contribution is 2.18. The number of ether oxygens (including phenoxy) is 2. The third-order valence-electron chi connectivity index (χ3n) is 2.72. The smallest absolute Gasteiger partial charge is 0.120 e. The van der Waals surface area contributed by atoms with E-state index in [0.717, 1.165) is 23.4 Å². The highest BCUT2D eigenvalue weighted by Gasteiger charge is 2.26. The molecule has 1 aliphatic heterocycles. The number of hydrogen-bond donors (Lipinski definition) is 1. The summed E-state index contributed by atoms with van der Waals surface area (Å²) in [5, 5.41) is 3.44. The zero-order valence-corrected chi connectivity index (χ0v) is 11.8. The molecule has 0 aromatic heterocycles. The van der Waals surface area contributed by atoms with Crippen LogP contribution in [0, 0.1) is 0 Å². The highest BCUT2D eigenvalue weighted by atomic mass is 79.9. The number of halogens is 1. The van der Waals surface area contributed by atoms with Crippen molar-refractivity contribution in [2.75, 3.05) is 19.8 Å². The Hall–Kier alpha value is -0.580. The zero-order valence-electron chi connectivity index (χ0n) is 10.2. The Balaban J connectivity index is 1.80. The lowest BCUT2D eigenvalue weighted by molar-refractivity contribution is -0.0412. The standard InChI is InChI=1S/C13H18BrNO2/c1-13(2)9-17-12(7-15-13)8-16-11-5-3-4-10(14)6-11/h3-6,12,15H,7-9H2,1-2H3. The van der Waals surface area contributed by atoms with Crippen molar-refractivity contribution < 1.29 is 9.47 Å². The van der Waals surface area contributed by atoms with Gasteiger partial charge < -0.3 is 14.8 Å². The molecule has 0 radical (unpaired) electrons. The van der Waals surface area contributed by atoms with Crippen molar-refractivity contribution in [3.8, 4) is 5.75 Å². The molecule has 94 valence electrons. The number of morpholine rings is 1. The van der Waals surface area contributed by atoms with Crippen LogP contribution in [0.2, 0.25) is 0 Å². The van der Waals surface area contributed by atoms with Crippen LogP contribution in [-0.2, 0) is 4.74 Å². The zero-order chi connectivity index (χ0) is 12.3. The predicted molar refractivity (Wildman–Crippen MR) is 71.5 cm³/mol. The van der Waals surface area contributed by atoms with E-state index in [0.29, 0.717) is 6.61 Å². The van der Waals surface area contributed by atoms with E-state index >= 15 is 0 Å². The Kier molecular flexibility index (Phi) is 4.07. The first-order valence-corrected chi connectivity index (χ1v) is 6.59. The Labute approximate surface area is 111 Å². The van der Waals surface area contributed by atoms with Crippen molar-refractivity contribution in [1.29, 1.82) is 0 Å². The summed E-state index contributed by atoms with van der Waals surface area (Å²) in [5.41, 5.74) is 0.0757. The van der Waals surface area contributed by atoms with Gasteiger partial charge in [-0.2, -0.15) is 0 Å². The lowest BCUT2D eigenvalue weighted by atomic mass is 10.1. The van der Waals surface area contributed by atoms with E-state index in [4.69, 9.17) is 9.47 Å². The summed E-state index contributed by atoms with van der Waals surface area (Å²) >= 11 is 3.42. The van der Waals surface area contributed by atoms with Gasteiger partial charge in [0.05, 0.1) is 6.61 Å². The molecule has 1 aromatic rings. The molecule has 1 atom stereocenters. The summed E-state index contributed by atoms with van der Waals surface area (Å²) in [7, 11) is 0. The molecule has 0 spiro atoms. The molecule has 17 heavy (non-hydrogen) atoms. The number of nitrogens with one attached hydrogen (secondary N) is 1. The van der Waals surface area contributed by atoms with Gasteiger partial charge in [-0.05, 0) is 32.0 Å². The first-order valence-electron chi connectivity index (χ1n) is 5.80. The number of rotatable bonds is 3. The molecule has 0 bridgehead atoms. The monoisotopic (exact) mass is 299 g/mol. The van der Waals surface area contributed by atoms with Gasteiger partial charge in [-0.15, -0.1) is 0 Å². The molecule has 3 nitrogen and oxygen atoms in total. The topological polar surface area (TPSA) is 30.5 Å². The Bertz CT molecular complexity index is 371. The van der Waals surface area contributed by atoms with Crippen LogP contribution in [0.15, 0.2) is 28.7 Å². The molecule has 1 unspecified atom stereocenters. The quantitative estimate of drug-likeness (QED) is 0.931. The van der Waals surface area contributed by atoms with Crippen LogP contribution >= 0.6 is 15.9 Å². The molecule has 4 heteroatoms. The van der Waals surface area contributed by atoms with Gasteiger partial charge in [-0.3, -0.25) is 0 Å². The molecule has 1 aromatic carbocycles. The fourth-order valence-corrected chi connectivity index (χ4v) is 2.06. The summed E-state index contributed by atoms with van der Waals surface area (Å²) in [4.78, 5) is 0. The van der Waals surface area contributed by atoms with Crippen LogP contribution in [0.5, 0.6) is 5.75 Å².